The third kappa shape index (κ3) is 4.30. The number of hydrogen-bond donors (Lipinski definition) is 0. The van der Waals surface area contributed by atoms with Crippen molar-refractivity contribution in [3.63, 3.8) is 0 Å². The maximum absolute atomic E-state index is 3.58. The van der Waals surface area contributed by atoms with Gasteiger partial charge in [0.05, 0.1) is 0 Å². The van der Waals surface area contributed by atoms with Gasteiger partial charge >= 0.3 is 26.2 Å². The van der Waals surface area contributed by atoms with Crippen LogP contribution < -0.4 is 24.8 Å². The van der Waals surface area contributed by atoms with Gasteiger partial charge in [0.2, 0.25) is 0 Å². The first-order valence-corrected chi connectivity index (χ1v) is 9.12. The molecule has 0 N–H and O–H groups in total. The van der Waals surface area contributed by atoms with Crippen molar-refractivity contribution in [2.24, 2.45) is 5.92 Å². The Bertz CT molecular complexity index is 445. The second-order valence-electron chi connectivity index (χ2n) is 5.25. The molecule has 2 aliphatic rings. The van der Waals surface area contributed by atoms with Crippen molar-refractivity contribution in [3.05, 3.63) is 45.7 Å². The van der Waals surface area contributed by atoms with Gasteiger partial charge in [0.15, 0.2) is 0 Å². The van der Waals surface area contributed by atoms with E-state index >= 15 is 0 Å². The summed E-state index contributed by atoms with van der Waals surface area (Å²) in [4.78, 5) is 0. The average molecular weight is 392 g/mol. The Morgan fingerprint density at radius 2 is 1.79 bits per heavy atom. The average Bonchev–Trinajstić information content (AvgIpc) is 2.73. The fourth-order valence-corrected chi connectivity index (χ4v) is 4.22. The monoisotopic (exact) mass is 389 g/mol. The maximum atomic E-state index is 3.58. The van der Waals surface area contributed by atoms with Crippen LogP contribution in [-0.4, -0.2) is 8.80 Å². The molecule has 2 rings (SSSR count). The van der Waals surface area contributed by atoms with E-state index in [1.165, 1.54) is 16.7 Å². The zero-order chi connectivity index (χ0) is 11.9. The normalized spacial score (nSPS) is 21.2. The van der Waals surface area contributed by atoms with Crippen LogP contribution in [0.1, 0.15) is 27.2 Å². The van der Waals surface area contributed by atoms with Crippen molar-refractivity contribution in [1.29, 1.82) is 0 Å². The van der Waals surface area contributed by atoms with E-state index in [2.05, 4.69) is 52.1 Å². The minimum atomic E-state index is -0.708. The zero-order valence-corrected chi connectivity index (χ0v) is 17.4. The standard InChI is InChI=1S/C15H21Si.2ClH.Zr/c1-10-9-11(2)15(12(10)3)13-7-6-8-14(13)16(4)5;;;/h8-9,11,16H,6H2,1-5H3;2*1H;/q-1;;;+3/p-2. The van der Waals surface area contributed by atoms with Gasteiger partial charge in [-0.2, -0.15) is 16.8 Å². The fraction of sp³-hybridized carbons (Fsp3) is 0.467. The van der Waals surface area contributed by atoms with Crippen molar-refractivity contribution in [2.45, 2.75) is 40.3 Å². The van der Waals surface area contributed by atoms with Gasteiger partial charge in [-0.3, -0.25) is 0 Å². The van der Waals surface area contributed by atoms with Crippen LogP contribution in [0.25, 0.3) is 0 Å². The van der Waals surface area contributed by atoms with E-state index in [1.54, 1.807) is 10.8 Å². The summed E-state index contributed by atoms with van der Waals surface area (Å²) in [6, 6.07) is 0. The Kier molecular flexibility index (Phi) is 10.2. The number of halogens is 2. The smallest absolute Gasteiger partial charge is 1.00 e. The van der Waals surface area contributed by atoms with Crippen LogP contribution in [0.2, 0.25) is 13.1 Å². The van der Waals surface area contributed by atoms with Crippen LogP contribution in [0.5, 0.6) is 0 Å². The van der Waals surface area contributed by atoms with Crippen molar-refractivity contribution < 1.29 is 51.0 Å². The van der Waals surface area contributed by atoms with Crippen molar-refractivity contribution in [1.82, 2.24) is 0 Å². The Morgan fingerprint density at radius 1 is 1.21 bits per heavy atom. The Balaban J connectivity index is 0. The van der Waals surface area contributed by atoms with E-state index in [0.717, 1.165) is 6.42 Å². The summed E-state index contributed by atoms with van der Waals surface area (Å²) in [6.45, 7) is 11.6. The van der Waals surface area contributed by atoms with Crippen molar-refractivity contribution >= 4 is 8.80 Å². The first kappa shape index (κ1) is 21.9. The van der Waals surface area contributed by atoms with Gasteiger partial charge in [-0.25, -0.2) is 0 Å². The molecule has 0 nitrogen and oxygen atoms in total. The van der Waals surface area contributed by atoms with Crippen molar-refractivity contribution in [3.8, 4) is 0 Å². The molecular formula is C15H21Cl2SiZr. The van der Waals surface area contributed by atoms with E-state index in [9.17, 15) is 0 Å². The summed E-state index contributed by atoms with van der Waals surface area (Å²) in [6.07, 6.45) is 9.39. The molecule has 2 aliphatic carbocycles. The first-order chi connectivity index (χ1) is 7.52. The second kappa shape index (κ2) is 8.82. The minimum absolute atomic E-state index is 0. The van der Waals surface area contributed by atoms with E-state index in [1.807, 2.05) is 0 Å². The summed E-state index contributed by atoms with van der Waals surface area (Å²) < 4.78 is 0. The molecule has 0 aromatic rings. The Morgan fingerprint density at radius 3 is 2.21 bits per heavy atom. The summed E-state index contributed by atoms with van der Waals surface area (Å²) in [5.74, 6) is 0.580. The number of hydrogen-bond acceptors (Lipinski definition) is 0. The molecule has 0 saturated carbocycles. The van der Waals surface area contributed by atoms with Crippen LogP contribution in [0.4, 0.5) is 0 Å². The van der Waals surface area contributed by atoms with Gasteiger partial charge in [0.25, 0.3) is 0 Å². The Hall–Kier alpha value is 0.640. The molecule has 1 radical (unpaired) electrons. The molecule has 0 spiro atoms. The predicted molar refractivity (Wildman–Crippen MR) is 74.0 cm³/mol. The van der Waals surface area contributed by atoms with Gasteiger partial charge in [-0.1, -0.05) is 50.6 Å². The molecular weight excluding hydrogens is 370 g/mol. The van der Waals surface area contributed by atoms with E-state index in [0.29, 0.717) is 5.92 Å². The van der Waals surface area contributed by atoms with Crippen LogP contribution in [0, 0.1) is 12.0 Å². The molecule has 103 valence electrons. The molecule has 1 unspecified atom stereocenters. The van der Waals surface area contributed by atoms with E-state index in [4.69, 9.17) is 0 Å². The molecule has 0 fully saturated rings. The molecule has 0 aromatic carbocycles. The van der Waals surface area contributed by atoms with E-state index < -0.39 is 8.80 Å². The zero-order valence-electron chi connectivity index (χ0n) is 12.3. The molecule has 0 heterocycles. The van der Waals surface area contributed by atoms with Crippen LogP contribution in [0.3, 0.4) is 0 Å². The molecule has 4 heteroatoms. The van der Waals surface area contributed by atoms with Gasteiger partial charge in [-0.05, 0) is 12.8 Å². The van der Waals surface area contributed by atoms with Crippen molar-refractivity contribution in [2.75, 3.05) is 0 Å². The van der Waals surface area contributed by atoms with Gasteiger partial charge in [0.1, 0.15) is 0 Å². The van der Waals surface area contributed by atoms with Gasteiger partial charge in [0, 0.05) is 8.80 Å². The van der Waals surface area contributed by atoms with Gasteiger partial charge < -0.3 is 24.8 Å². The third-order valence-electron chi connectivity index (χ3n) is 3.73. The molecule has 0 amide bonds. The third-order valence-corrected chi connectivity index (χ3v) is 5.50. The van der Waals surface area contributed by atoms with Crippen LogP contribution in [0.15, 0.2) is 39.6 Å². The summed E-state index contributed by atoms with van der Waals surface area (Å²) >= 11 is 0. The molecule has 0 aromatic heterocycles. The molecule has 1 atom stereocenters. The molecule has 0 bridgehead atoms. The minimum Gasteiger partial charge on any atom is -1.00 e. The largest absolute Gasteiger partial charge is 3.00 e. The SMILES string of the molecule is CC1=CC(C)C(C2=[C-]CC=C2[SiH](C)C)=C1C.[Cl-].[Cl-].[Zr+3]. The second-order valence-corrected chi connectivity index (χ2v) is 8.18. The van der Waals surface area contributed by atoms with E-state index in [-0.39, 0.29) is 51.0 Å². The molecule has 0 aliphatic heterocycles. The summed E-state index contributed by atoms with van der Waals surface area (Å²) in [5, 5.41) is 1.63. The summed E-state index contributed by atoms with van der Waals surface area (Å²) in [5.41, 5.74) is 5.94. The van der Waals surface area contributed by atoms with Crippen LogP contribution >= 0.6 is 0 Å². The number of rotatable bonds is 2. The number of allylic oxidation sites excluding steroid dienone is 8. The van der Waals surface area contributed by atoms with Gasteiger partial charge in [-0.15, -0.1) is 11.6 Å². The first-order valence-electron chi connectivity index (χ1n) is 6.23. The topological polar surface area (TPSA) is 0 Å². The Labute approximate surface area is 151 Å². The predicted octanol–water partition coefficient (Wildman–Crippen LogP) is -2.01. The molecule has 19 heavy (non-hydrogen) atoms. The molecule has 0 saturated heterocycles. The summed E-state index contributed by atoms with van der Waals surface area (Å²) in [7, 11) is -0.708. The maximum Gasteiger partial charge on any atom is 3.00 e. The fourth-order valence-electron chi connectivity index (χ4n) is 2.79. The van der Waals surface area contributed by atoms with Crippen LogP contribution in [-0.2, 0) is 26.2 Å². The quantitative estimate of drug-likeness (QED) is 0.377.